The summed E-state index contributed by atoms with van der Waals surface area (Å²) in [6, 6.07) is 14.1. The van der Waals surface area contributed by atoms with Crippen LogP contribution in [-0.2, 0) is 0 Å². The lowest BCUT2D eigenvalue weighted by molar-refractivity contribution is 0.0690. The second-order valence-corrected chi connectivity index (χ2v) is 5.05. The molecule has 1 heterocycles. The summed E-state index contributed by atoms with van der Waals surface area (Å²) in [6.07, 6.45) is 0. The maximum atomic E-state index is 13.4. The number of carbonyl (C=O) groups is 1. The van der Waals surface area contributed by atoms with E-state index in [0.29, 0.717) is 22.0 Å². The number of hydrogen-bond acceptors (Lipinski definition) is 2. The van der Waals surface area contributed by atoms with Crippen LogP contribution in [0.1, 0.15) is 10.5 Å². The van der Waals surface area contributed by atoms with Gasteiger partial charge >= 0.3 is 5.97 Å². The highest BCUT2D eigenvalue weighted by Gasteiger charge is 2.16. The van der Waals surface area contributed by atoms with Crippen molar-refractivity contribution in [1.82, 2.24) is 9.78 Å². The van der Waals surface area contributed by atoms with Gasteiger partial charge in [-0.1, -0.05) is 23.7 Å². The van der Waals surface area contributed by atoms with Crippen molar-refractivity contribution < 1.29 is 14.3 Å². The molecule has 6 heteroatoms. The molecule has 0 fully saturated rings. The first-order valence-electron chi connectivity index (χ1n) is 6.40. The molecule has 1 aromatic heterocycles. The van der Waals surface area contributed by atoms with Gasteiger partial charge in [0.2, 0.25) is 0 Å². The molecule has 0 amide bonds. The molecule has 0 saturated carbocycles. The van der Waals surface area contributed by atoms with Crippen molar-refractivity contribution in [2.75, 3.05) is 0 Å². The summed E-state index contributed by atoms with van der Waals surface area (Å²) in [6.45, 7) is 0. The molecule has 0 aliphatic heterocycles. The van der Waals surface area contributed by atoms with Crippen molar-refractivity contribution in [1.29, 1.82) is 0 Å². The van der Waals surface area contributed by atoms with E-state index in [4.69, 9.17) is 16.7 Å². The van der Waals surface area contributed by atoms with Crippen LogP contribution in [0.15, 0.2) is 54.6 Å². The van der Waals surface area contributed by atoms with Crippen LogP contribution in [0, 0.1) is 5.82 Å². The van der Waals surface area contributed by atoms with Crippen LogP contribution in [0.25, 0.3) is 16.9 Å². The third kappa shape index (κ3) is 2.71. The van der Waals surface area contributed by atoms with Crippen LogP contribution in [-0.4, -0.2) is 20.9 Å². The Balaban J connectivity index is 2.20. The first-order chi connectivity index (χ1) is 10.5. The van der Waals surface area contributed by atoms with Gasteiger partial charge in [-0.2, -0.15) is 5.10 Å². The second kappa shape index (κ2) is 5.61. The van der Waals surface area contributed by atoms with Gasteiger partial charge in [-0.05, 0) is 42.5 Å². The Labute approximate surface area is 130 Å². The SMILES string of the molecule is O=C(O)c1cc(-c2cccc(F)c2)n(-c2ccc(Cl)cc2)n1. The lowest BCUT2D eigenvalue weighted by atomic mass is 10.1. The van der Waals surface area contributed by atoms with Crippen molar-refractivity contribution in [2.24, 2.45) is 0 Å². The molecule has 0 aliphatic carbocycles. The van der Waals surface area contributed by atoms with Crippen molar-refractivity contribution in [3.63, 3.8) is 0 Å². The van der Waals surface area contributed by atoms with Gasteiger partial charge in [-0.3, -0.25) is 0 Å². The van der Waals surface area contributed by atoms with Gasteiger partial charge < -0.3 is 5.11 Å². The smallest absolute Gasteiger partial charge is 0.356 e. The minimum atomic E-state index is -1.15. The number of nitrogens with zero attached hydrogens (tertiary/aromatic N) is 2. The van der Waals surface area contributed by atoms with E-state index in [1.54, 1.807) is 36.4 Å². The van der Waals surface area contributed by atoms with E-state index < -0.39 is 11.8 Å². The number of aromatic nitrogens is 2. The Morgan fingerprint density at radius 3 is 2.50 bits per heavy atom. The van der Waals surface area contributed by atoms with E-state index in [1.807, 2.05) is 0 Å². The molecule has 2 aromatic carbocycles. The zero-order valence-corrected chi connectivity index (χ0v) is 12.0. The normalized spacial score (nSPS) is 10.6. The van der Waals surface area contributed by atoms with Gasteiger partial charge in [0.25, 0.3) is 0 Å². The molecule has 0 radical (unpaired) electrons. The van der Waals surface area contributed by atoms with Crippen molar-refractivity contribution in [2.45, 2.75) is 0 Å². The zero-order chi connectivity index (χ0) is 15.7. The molecule has 0 atom stereocenters. The Bertz CT molecular complexity index is 844. The summed E-state index contributed by atoms with van der Waals surface area (Å²) in [4.78, 5) is 11.2. The Hall–Kier alpha value is -2.66. The van der Waals surface area contributed by atoms with Crippen molar-refractivity contribution in [3.8, 4) is 16.9 Å². The van der Waals surface area contributed by atoms with Gasteiger partial charge in [0.1, 0.15) is 5.82 Å². The van der Waals surface area contributed by atoms with Gasteiger partial charge in [0, 0.05) is 10.6 Å². The minimum absolute atomic E-state index is 0.116. The van der Waals surface area contributed by atoms with Gasteiger partial charge in [0.15, 0.2) is 5.69 Å². The fourth-order valence-electron chi connectivity index (χ4n) is 2.12. The van der Waals surface area contributed by atoms with E-state index in [9.17, 15) is 9.18 Å². The third-order valence-electron chi connectivity index (χ3n) is 3.12. The predicted octanol–water partition coefficient (Wildman–Crippen LogP) is 4.03. The van der Waals surface area contributed by atoms with E-state index in [2.05, 4.69) is 5.10 Å². The molecule has 0 unspecified atom stereocenters. The van der Waals surface area contributed by atoms with Crippen LogP contribution in [0.2, 0.25) is 5.02 Å². The molecule has 22 heavy (non-hydrogen) atoms. The highest BCUT2D eigenvalue weighted by atomic mass is 35.5. The van der Waals surface area contributed by atoms with Gasteiger partial charge in [0.05, 0.1) is 11.4 Å². The quantitative estimate of drug-likeness (QED) is 0.793. The number of halogens is 2. The maximum absolute atomic E-state index is 13.4. The third-order valence-corrected chi connectivity index (χ3v) is 3.37. The van der Waals surface area contributed by atoms with E-state index >= 15 is 0 Å². The Morgan fingerprint density at radius 2 is 1.86 bits per heavy atom. The van der Waals surface area contributed by atoms with Crippen LogP contribution in [0.4, 0.5) is 4.39 Å². The molecule has 0 saturated heterocycles. The van der Waals surface area contributed by atoms with Crippen LogP contribution in [0.5, 0.6) is 0 Å². The number of hydrogen-bond donors (Lipinski definition) is 1. The number of aromatic carboxylic acids is 1. The monoisotopic (exact) mass is 316 g/mol. The van der Waals surface area contributed by atoms with Gasteiger partial charge in [-0.15, -0.1) is 0 Å². The van der Waals surface area contributed by atoms with Crippen molar-refractivity contribution in [3.05, 3.63) is 71.1 Å². The van der Waals surface area contributed by atoms with Crippen LogP contribution >= 0.6 is 11.6 Å². The minimum Gasteiger partial charge on any atom is -0.476 e. The molecule has 0 aliphatic rings. The summed E-state index contributed by atoms with van der Waals surface area (Å²) in [7, 11) is 0. The van der Waals surface area contributed by atoms with E-state index in [1.165, 1.54) is 22.9 Å². The zero-order valence-electron chi connectivity index (χ0n) is 11.2. The predicted molar refractivity (Wildman–Crippen MR) is 80.9 cm³/mol. The molecule has 110 valence electrons. The lowest BCUT2D eigenvalue weighted by Gasteiger charge is -2.07. The Morgan fingerprint density at radius 1 is 1.14 bits per heavy atom. The Kier molecular flexibility index (Phi) is 3.65. The summed E-state index contributed by atoms with van der Waals surface area (Å²) in [5, 5.41) is 13.8. The summed E-state index contributed by atoms with van der Waals surface area (Å²) in [5.74, 6) is -1.55. The largest absolute Gasteiger partial charge is 0.476 e. The molecule has 3 rings (SSSR count). The summed E-state index contributed by atoms with van der Waals surface area (Å²) < 4.78 is 14.9. The molecule has 0 spiro atoms. The molecule has 0 bridgehead atoms. The average molecular weight is 317 g/mol. The molecule has 3 aromatic rings. The van der Waals surface area contributed by atoms with Crippen LogP contribution < -0.4 is 0 Å². The van der Waals surface area contributed by atoms with Crippen molar-refractivity contribution >= 4 is 17.6 Å². The highest BCUT2D eigenvalue weighted by Crippen LogP contribution is 2.25. The maximum Gasteiger partial charge on any atom is 0.356 e. The molecular formula is C16H10ClFN2O2. The van der Waals surface area contributed by atoms with Gasteiger partial charge in [-0.25, -0.2) is 13.9 Å². The standard InChI is InChI=1S/C16H10ClFN2O2/c17-11-4-6-13(7-5-11)20-15(9-14(19-20)16(21)22)10-2-1-3-12(18)8-10/h1-9H,(H,21,22). The first kappa shape index (κ1) is 14.3. The number of benzene rings is 2. The highest BCUT2D eigenvalue weighted by molar-refractivity contribution is 6.30. The average Bonchev–Trinajstić information content (AvgIpc) is 2.93. The molecular weight excluding hydrogens is 307 g/mol. The molecule has 4 nitrogen and oxygen atoms in total. The number of carboxylic acids is 1. The topological polar surface area (TPSA) is 55.1 Å². The fourth-order valence-corrected chi connectivity index (χ4v) is 2.24. The summed E-state index contributed by atoms with van der Waals surface area (Å²) in [5.41, 5.74) is 1.54. The molecule has 1 N–H and O–H groups in total. The number of carboxylic acid groups (broad SMARTS) is 1. The summed E-state index contributed by atoms with van der Waals surface area (Å²) >= 11 is 5.86. The van der Waals surface area contributed by atoms with E-state index in [0.717, 1.165) is 0 Å². The number of rotatable bonds is 3. The van der Waals surface area contributed by atoms with Crippen LogP contribution in [0.3, 0.4) is 0 Å². The second-order valence-electron chi connectivity index (χ2n) is 4.62. The van der Waals surface area contributed by atoms with E-state index in [-0.39, 0.29) is 5.69 Å². The first-order valence-corrected chi connectivity index (χ1v) is 6.77. The lowest BCUT2D eigenvalue weighted by Crippen LogP contribution is -2.02. The fraction of sp³-hybridized carbons (Fsp3) is 0.